The Morgan fingerprint density at radius 3 is 2.47 bits per heavy atom. The maximum absolute atomic E-state index is 4.40. The molecular weight excluding hydrogens is 250 g/mol. The molecule has 84 valence electrons. The second kappa shape index (κ2) is 6.26. The van der Waals surface area contributed by atoms with Crippen LogP contribution in [-0.2, 0) is 0 Å². The molecule has 0 N–H and O–H groups in total. The summed E-state index contributed by atoms with van der Waals surface area (Å²) in [6.45, 7) is 6.78. The van der Waals surface area contributed by atoms with Gasteiger partial charge in [0.15, 0.2) is 0 Å². The molecule has 0 fully saturated rings. The molecule has 0 aliphatic heterocycles. The number of alkyl halides is 1. The Labute approximate surface area is 101 Å². The number of aromatic nitrogens is 1. The van der Waals surface area contributed by atoms with E-state index in [-0.39, 0.29) is 0 Å². The lowest BCUT2D eigenvalue weighted by Crippen LogP contribution is -2.11. The van der Waals surface area contributed by atoms with E-state index >= 15 is 0 Å². The molecule has 1 aromatic rings. The molecule has 2 unspecified atom stereocenters. The van der Waals surface area contributed by atoms with Gasteiger partial charge in [-0.15, -0.1) is 0 Å². The predicted octanol–water partition coefficient (Wildman–Crippen LogP) is 4.38. The van der Waals surface area contributed by atoms with Crippen molar-refractivity contribution in [3.63, 3.8) is 0 Å². The van der Waals surface area contributed by atoms with E-state index in [2.05, 4.69) is 53.8 Å². The zero-order valence-electron chi connectivity index (χ0n) is 9.78. The molecule has 0 bridgehead atoms. The predicted molar refractivity (Wildman–Crippen MR) is 69.4 cm³/mol. The van der Waals surface area contributed by atoms with E-state index in [0.717, 1.165) is 5.92 Å². The van der Waals surface area contributed by atoms with Crippen LogP contribution in [0.5, 0.6) is 0 Å². The van der Waals surface area contributed by atoms with Crippen molar-refractivity contribution in [2.45, 2.75) is 44.4 Å². The SMILES string of the molecule is CC(C)CCC(Br)C(C)c1ccccn1. The van der Waals surface area contributed by atoms with E-state index in [1.54, 1.807) is 0 Å². The van der Waals surface area contributed by atoms with Gasteiger partial charge in [-0.1, -0.05) is 42.8 Å². The summed E-state index contributed by atoms with van der Waals surface area (Å²) in [5.74, 6) is 1.27. The van der Waals surface area contributed by atoms with Crippen molar-refractivity contribution in [1.29, 1.82) is 0 Å². The number of nitrogens with zero attached hydrogens (tertiary/aromatic N) is 1. The highest BCUT2D eigenvalue weighted by Crippen LogP contribution is 2.27. The van der Waals surface area contributed by atoms with Crippen molar-refractivity contribution in [3.8, 4) is 0 Å². The first-order valence-corrected chi connectivity index (χ1v) is 6.57. The molecule has 0 spiro atoms. The quantitative estimate of drug-likeness (QED) is 0.723. The van der Waals surface area contributed by atoms with E-state index in [0.29, 0.717) is 10.7 Å². The van der Waals surface area contributed by atoms with Gasteiger partial charge in [0.2, 0.25) is 0 Å². The van der Waals surface area contributed by atoms with Crippen LogP contribution in [0.25, 0.3) is 0 Å². The molecule has 1 aromatic heterocycles. The first-order chi connectivity index (χ1) is 7.11. The number of pyridine rings is 1. The van der Waals surface area contributed by atoms with E-state index in [1.807, 2.05) is 12.3 Å². The average molecular weight is 270 g/mol. The number of rotatable bonds is 5. The van der Waals surface area contributed by atoms with Gasteiger partial charge in [0, 0.05) is 22.6 Å². The third-order valence-corrected chi connectivity index (χ3v) is 3.97. The Kier molecular flexibility index (Phi) is 5.30. The van der Waals surface area contributed by atoms with Gasteiger partial charge in [0.05, 0.1) is 0 Å². The molecular formula is C13H20BrN. The summed E-state index contributed by atoms with van der Waals surface area (Å²) in [5, 5.41) is 0. The van der Waals surface area contributed by atoms with Crippen LogP contribution in [0.4, 0.5) is 0 Å². The maximum Gasteiger partial charge on any atom is 0.0442 e. The summed E-state index contributed by atoms with van der Waals surface area (Å²) in [4.78, 5) is 4.93. The van der Waals surface area contributed by atoms with Crippen molar-refractivity contribution in [2.75, 3.05) is 0 Å². The fourth-order valence-corrected chi connectivity index (χ4v) is 2.11. The van der Waals surface area contributed by atoms with Crippen molar-refractivity contribution in [1.82, 2.24) is 4.98 Å². The second-order valence-electron chi connectivity index (χ2n) is 4.53. The molecule has 2 heteroatoms. The second-order valence-corrected chi connectivity index (χ2v) is 5.71. The molecule has 0 radical (unpaired) electrons. The largest absolute Gasteiger partial charge is 0.261 e. The Hall–Kier alpha value is -0.370. The minimum absolute atomic E-state index is 0.491. The first kappa shape index (κ1) is 12.7. The van der Waals surface area contributed by atoms with E-state index in [9.17, 15) is 0 Å². The molecule has 0 saturated carbocycles. The van der Waals surface area contributed by atoms with Crippen molar-refractivity contribution < 1.29 is 0 Å². The van der Waals surface area contributed by atoms with Crippen LogP contribution < -0.4 is 0 Å². The molecule has 1 heterocycles. The Balaban J connectivity index is 2.49. The van der Waals surface area contributed by atoms with E-state index < -0.39 is 0 Å². The highest BCUT2D eigenvalue weighted by Gasteiger charge is 2.16. The number of hydrogen-bond donors (Lipinski definition) is 0. The van der Waals surface area contributed by atoms with Crippen LogP contribution in [0.1, 0.15) is 45.2 Å². The molecule has 0 saturated heterocycles. The number of hydrogen-bond acceptors (Lipinski definition) is 1. The lowest BCUT2D eigenvalue weighted by molar-refractivity contribution is 0.522. The zero-order valence-corrected chi connectivity index (χ0v) is 11.4. The molecule has 1 rings (SSSR count). The van der Waals surface area contributed by atoms with Gasteiger partial charge in [-0.25, -0.2) is 0 Å². The van der Waals surface area contributed by atoms with Crippen LogP contribution in [0.2, 0.25) is 0 Å². The Morgan fingerprint density at radius 1 is 1.20 bits per heavy atom. The molecule has 0 aliphatic rings. The fraction of sp³-hybridized carbons (Fsp3) is 0.615. The van der Waals surface area contributed by atoms with Crippen molar-refractivity contribution in [3.05, 3.63) is 30.1 Å². The fourth-order valence-electron chi connectivity index (χ4n) is 1.57. The first-order valence-electron chi connectivity index (χ1n) is 5.66. The Bertz CT molecular complexity index is 271. The molecule has 1 nitrogen and oxygen atoms in total. The minimum atomic E-state index is 0.491. The molecule has 0 aliphatic carbocycles. The van der Waals surface area contributed by atoms with Crippen LogP contribution in [-0.4, -0.2) is 9.81 Å². The average Bonchev–Trinajstić information content (AvgIpc) is 2.26. The third kappa shape index (κ3) is 4.33. The standard InChI is InChI=1S/C13H20BrN/c1-10(2)7-8-12(14)11(3)13-6-4-5-9-15-13/h4-6,9-12H,7-8H2,1-3H3. The van der Waals surface area contributed by atoms with Gasteiger partial charge in [0.25, 0.3) is 0 Å². The van der Waals surface area contributed by atoms with Gasteiger partial charge in [0.1, 0.15) is 0 Å². The van der Waals surface area contributed by atoms with Crippen molar-refractivity contribution in [2.24, 2.45) is 5.92 Å². The van der Waals surface area contributed by atoms with Gasteiger partial charge in [-0.3, -0.25) is 4.98 Å². The Morgan fingerprint density at radius 2 is 1.93 bits per heavy atom. The summed E-state index contributed by atoms with van der Waals surface area (Å²) in [7, 11) is 0. The van der Waals surface area contributed by atoms with Crippen LogP contribution >= 0.6 is 15.9 Å². The monoisotopic (exact) mass is 269 g/mol. The van der Waals surface area contributed by atoms with Gasteiger partial charge in [-0.2, -0.15) is 0 Å². The topological polar surface area (TPSA) is 12.9 Å². The highest BCUT2D eigenvalue weighted by atomic mass is 79.9. The molecule has 15 heavy (non-hydrogen) atoms. The summed E-state index contributed by atoms with van der Waals surface area (Å²) in [6.07, 6.45) is 4.36. The number of halogens is 1. The van der Waals surface area contributed by atoms with Gasteiger partial charge < -0.3 is 0 Å². The summed E-state index contributed by atoms with van der Waals surface area (Å²) in [6, 6.07) is 6.13. The van der Waals surface area contributed by atoms with E-state index in [1.165, 1.54) is 18.5 Å². The van der Waals surface area contributed by atoms with Crippen molar-refractivity contribution >= 4 is 15.9 Å². The maximum atomic E-state index is 4.40. The molecule has 0 amide bonds. The smallest absolute Gasteiger partial charge is 0.0442 e. The third-order valence-electron chi connectivity index (χ3n) is 2.72. The summed E-state index contributed by atoms with van der Waals surface area (Å²) in [5.41, 5.74) is 1.18. The minimum Gasteiger partial charge on any atom is -0.261 e. The zero-order chi connectivity index (χ0) is 11.3. The lowest BCUT2D eigenvalue weighted by Gasteiger charge is -2.18. The highest BCUT2D eigenvalue weighted by molar-refractivity contribution is 9.09. The summed E-state index contributed by atoms with van der Waals surface area (Å²) >= 11 is 3.77. The lowest BCUT2D eigenvalue weighted by atomic mass is 9.97. The van der Waals surface area contributed by atoms with Crippen LogP contribution in [0.3, 0.4) is 0 Å². The van der Waals surface area contributed by atoms with Gasteiger partial charge in [-0.05, 0) is 30.9 Å². The molecule has 2 atom stereocenters. The van der Waals surface area contributed by atoms with Crippen LogP contribution in [0, 0.1) is 5.92 Å². The normalized spacial score (nSPS) is 15.3. The van der Waals surface area contributed by atoms with Gasteiger partial charge >= 0.3 is 0 Å². The summed E-state index contributed by atoms with van der Waals surface area (Å²) < 4.78 is 0. The van der Waals surface area contributed by atoms with Crippen LogP contribution in [0.15, 0.2) is 24.4 Å². The molecule has 0 aromatic carbocycles. The van der Waals surface area contributed by atoms with E-state index in [4.69, 9.17) is 0 Å².